The molecule has 1 atom stereocenters. The fourth-order valence-corrected chi connectivity index (χ4v) is 8.60. The Morgan fingerprint density at radius 3 is 1.94 bits per heavy atom. The van der Waals surface area contributed by atoms with E-state index in [0.29, 0.717) is 74.9 Å². The highest BCUT2D eigenvalue weighted by atomic mass is 16.5. The maximum absolute atomic E-state index is 14.4. The van der Waals surface area contributed by atoms with Crippen LogP contribution in [0.1, 0.15) is 58.3 Å². The number of piperidine rings is 1. The summed E-state index contributed by atoms with van der Waals surface area (Å²) in [6.45, 7) is 10.1. The third-order valence-corrected chi connectivity index (χ3v) is 12.0. The third-order valence-electron chi connectivity index (χ3n) is 12.0. The lowest BCUT2D eigenvalue weighted by Crippen LogP contribution is -2.58. The van der Waals surface area contributed by atoms with Crippen molar-refractivity contribution in [1.29, 1.82) is 0 Å². The van der Waals surface area contributed by atoms with E-state index < -0.39 is 11.4 Å². The molecule has 3 fully saturated rings. The molecule has 3 heterocycles. The summed E-state index contributed by atoms with van der Waals surface area (Å²) in [6, 6.07) is 20.4. The van der Waals surface area contributed by atoms with E-state index in [2.05, 4.69) is 49.1 Å². The Labute approximate surface area is 313 Å². The molecule has 11 heteroatoms. The SMILES string of the molecule is COc1cc(C(=O)N2CC[C@@](CCN3CCC(C(=O)N4CCN(CC(=O)O)CC4)(c4ccccc4)CC3)(c3ccc(C)c(C)c3)C2)cc(OC)c1OC. The molecule has 0 aliphatic carbocycles. The third kappa shape index (κ3) is 7.87. The van der Waals surface area contributed by atoms with Gasteiger partial charge in [-0.3, -0.25) is 19.3 Å². The number of carbonyl (C=O) groups is 3. The number of amides is 2. The van der Waals surface area contributed by atoms with Crippen molar-refractivity contribution in [2.75, 3.05) is 86.8 Å². The van der Waals surface area contributed by atoms with Gasteiger partial charge in [0, 0.05) is 50.2 Å². The van der Waals surface area contributed by atoms with Gasteiger partial charge in [-0.05, 0) is 93.6 Å². The zero-order valence-corrected chi connectivity index (χ0v) is 31.9. The average Bonchev–Trinajstić information content (AvgIpc) is 3.63. The van der Waals surface area contributed by atoms with Gasteiger partial charge in [-0.25, -0.2) is 0 Å². The number of nitrogens with zero attached hydrogens (tertiary/aromatic N) is 4. The van der Waals surface area contributed by atoms with E-state index in [1.807, 2.05) is 32.9 Å². The van der Waals surface area contributed by atoms with Crippen LogP contribution in [0.15, 0.2) is 60.7 Å². The highest BCUT2D eigenvalue weighted by molar-refractivity contribution is 5.96. The fraction of sp³-hybridized carbons (Fsp3) is 0.500. The van der Waals surface area contributed by atoms with Crippen molar-refractivity contribution in [1.82, 2.24) is 19.6 Å². The van der Waals surface area contributed by atoms with E-state index in [1.54, 1.807) is 33.5 Å². The van der Waals surface area contributed by atoms with Crippen molar-refractivity contribution in [3.8, 4) is 17.2 Å². The maximum atomic E-state index is 14.4. The molecule has 0 radical (unpaired) electrons. The first kappa shape index (κ1) is 38.1. The molecule has 0 saturated carbocycles. The lowest BCUT2D eigenvalue weighted by molar-refractivity contribution is -0.142. The van der Waals surface area contributed by atoms with Gasteiger partial charge in [0.2, 0.25) is 11.7 Å². The molecular weight excluding hydrogens is 672 g/mol. The summed E-state index contributed by atoms with van der Waals surface area (Å²) < 4.78 is 16.6. The number of benzene rings is 3. The highest BCUT2D eigenvalue weighted by Gasteiger charge is 2.47. The molecule has 284 valence electrons. The summed E-state index contributed by atoms with van der Waals surface area (Å²) >= 11 is 0. The molecule has 2 amide bonds. The van der Waals surface area contributed by atoms with Gasteiger partial charge in [0.25, 0.3) is 5.91 Å². The van der Waals surface area contributed by atoms with Crippen LogP contribution in [0.2, 0.25) is 0 Å². The quantitative estimate of drug-likeness (QED) is 0.282. The van der Waals surface area contributed by atoms with Crippen molar-refractivity contribution in [3.05, 3.63) is 88.5 Å². The molecule has 0 unspecified atom stereocenters. The van der Waals surface area contributed by atoms with E-state index >= 15 is 0 Å². The Morgan fingerprint density at radius 2 is 1.36 bits per heavy atom. The average molecular weight is 727 g/mol. The van der Waals surface area contributed by atoms with Crippen molar-refractivity contribution < 1.29 is 33.7 Å². The van der Waals surface area contributed by atoms with Crippen molar-refractivity contribution in [3.63, 3.8) is 0 Å². The van der Waals surface area contributed by atoms with Crippen LogP contribution in [0.4, 0.5) is 0 Å². The van der Waals surface area contributed by atoms with Crippen molar-refractivity contribution in [2.24, 2.45) is 0 Å². The van der Waals surface area contributed by atoms with Gasteiger partial charge in [0.1, 0.15) is 0 Å². The van der Waals surface area contributed by atoms with Crippen LogP contribution in [0, 0.1) is 13.8 Å². The van der Waals surface area contributed by atoms with Gasteiger partial charge in [-0.15, -0.1) is 0 Å². The molecule has 3 aliphatic rings. The molecule has 53 heavy (non-hydrogen) atoms. The molecular formula is C42H54N4O7. The van der Waals surface area contributed by atoms with Crippen LogP contribution in [-0.2, 0) is 20.4 Å². The molecule has 0 bridgehead atoms. The Kier molecular flexibility index (Phi) is 11.6. The van der Waals surface area contributed by atoms with E-state index in [9.17, 15) is 19.5 Å². The molecule has 3 aromatic rings. The smallest absolute Gasteiger partial charge is 0.317 e. The maximum Gasteiger partial charge on any atom is 0.317 e. The summed E-state index contributed by atoms with van der Waals surface area (Å²) in [4.78, 5) is 48.1. The number of carboxylic acid groups (broad SMARTS) is 1. The number of ether oxygens (including phenoxy) is 3. The summed E-state index contributed by atoms with van der Waals surface area (Å²) in [5, 5.41) is 9.26. The number of hydrogen-bond acceptors (Lipinski definition) is 8. The van der Waals surface area contributed by atoms with Crippen LogP contribution < -0.4 is 14.2 Å². The minimum atomic E-state index is -0.840. The predicted octanol–water partition coefficient (Wildman–Crippen LogP) is 4.77. The van der Waals surface area contributed by atoms with E-state index in [4.69, 9.17) is 14.2 Å². The Balaban J connectivity index is 1.19. The zero-order chi connectivity index (χ0) is 37.8. The molecule has 3 saturated heterocycles. The number of aliphatic carboxylic acids is 1. The van der Waals surface area contributed by atoms with Crippen LogP contribution in [-0.4, -0.2) is 129 Å². The highest BCUT2D eigenvalue weighted by Crippen LogP contribution is 2.43. The number of likely N-dealkylation sites (tertiary alicyclic amines) is 2. The number of methoxy groups -OCH3 is 3. The van der Waals surface area contributed by atoms with Crippen LogP contribution in [0.5, 0.6) is 17.2 Å². The number of carbonyl (C=O) groups excluding carboxylic acids is 2. The first-order valence-corrected chi connectivity index (χ1v) is 18.7. The monoisotopic (exact) mass is 726 g/mol. The van der Waals surface area contributed by atoms with E-state index in [0.717, 1.165) is 38.0 Å². The summed E-state index contributed by atoms with van der Waals surface area (Å²) in [7, 11) is 4.66. The lowest BCUT2D eigenvalue weighted by Gasteiger charge is -2.46. The molecule has 11 nitrogen and oxygen atoms in total. The minimum absolute atomic E-state index is 0.00135. The number of aryl methyl sites for hydroxylation is 2. The normalized spacial score (nSPS) is 20.6. The van der Waals surface area contributed by atoms with Crippen LogP contribution >= 0.6 is 0 Å². The van der Waals surface area contributed by atoms with Gasteiger partial charge < -0.3 is 34.0 Å². The fourth-order valence-electron chi connectivity index (χ4n) is 8.60. The Bertz CT molecular complexity index is 1760. The molecule has 1 N–H and O–H groups in total. The zero-order valence-electron chi connectivity index (χ0n) is 31.9. The lowest BCUT2D eigenvalue weighted by atomic mass is 9.71. The topological polar surface area (TPSA) is 112 Å². The predicted molar refractivity (Wildman–Crippen MR) is 203 cm³/mol. The minimum Gasteiger partial charge on any atom is -0.493 e. The van der Waals surface area contributed by atoms with Gasteiger partial charge in [0.05, 0.1) is 33.3 Å². The molecule has 3 aromatic carbocycles. The van der Waals surface area contributed by atoms with Gasteiger partial charge in [-0.2, -0.15) is 0 Å². The van der Waals surface area contributed by atoms with Crippen molar-refractivity contribution >= 4 is 17.8 Å². The first-order chi connectivity index (χ1) is 25.5. The molecule has 6 rings (SSSR count). The number of carboxylic acids is 1. The van der Waals surface area contributed by atoms with Crippen LogP contribution in [0.3, 0.4) is 0 Å². The van der Waals surface area contributed by atoms with Crippen LogP contribution in [0.25, 0.3) is 0 Å². The first-order valence-electron chi connectivity index (χ1n) is 18.7. The number of rotatable bonds is 12. The second kappa shape index (κ2) is 16.2. The second-order valence-corrected chi connectivity index (χ2v) is 15.0. The Hall–Kier alpha value is -4.61. The molecule has 0 aromatic heterocycles. The number of hydrogen-bond donors (Lipinski definition) is 1. The van der Waals surface area contributed by atoms with Gasteiger partial charge in [-0.1, -0.05) is 48.5 Å². The number of piperazine rings is 1. The second-order valence-electron chi connectivity index (χ2n) is 15.0. The van der Waals surface area contributed by atoms with Crippen molar-refractivity contribution in [2.45, 2.75) is 50.4 Å². The van der Waals surface area contributed by atoms with E-state index in [1.165, 1.54) is 16.7 Å². The summed E-state index contributed by atoms with van der Waals surface area (Å²) in [6.07, 6.45) is 3.16. The summed E-state index contributed by atoms with van der Waals surface area (Å²) in [5.41, 5.74) is 4.45. The Morgan fingerprint density at radius 1 is 0.698 bits per heavy atom. The van der Waals surface area contributed by atoms with Gasteiger partial charge in [0.15, 0.2) is 11.5 Å². The standard InChI is InChI=1S/C42H54N4O7/c1-30-11-12-34(25-31(30)2)41(14-20-46(29-41)39(49)32-26-35(51-3)38(53-5)36(27-32)52-4)13-17-43-18-15-42(16-19-43,33-9-7-6-8-10-33)40(50)45-23-21-44(22-24-45)28-37(47)48/h6-12,25-27H,13-24,28-29H2,1-5H3,(H,47,48)/t41-/m1/s1. The molecule has 3 aliphatic heterocycles. The largest absolute Gasteiger partial charge is 0.493 e. The van der Waals surface area contributed by atoms with E-state index in [-0.39, 0.29) is 23.8 Å². The summed E-state index contributed by atoms with van der Waals surface area (Å²) in [5.74, 6) is 0.600. The molecule has 0 spiro atoms. The van der Waals surface area contributed by atoms with Gasteiger partial charge >= 0.3 is 5.97 Å².